The molecular formula is C26H27FN2. The lowest BCUT2D eigenvalue weighted by Crippen LogP contribution is -2.44. The molecule has 0 radical (unpaired) electrons. The van der Waals surface area contributed by atoms with E-state index in [1.165, 1.54) is 16.7 Å². The lowest BCUT2D eigenvalue weighted by Gasteiger charge is -2.41. The zero-order chi connectivity index (χ0) is 20.1. The molecule has 0 amide bonds. The second kappa shape index (κ2) is 9.17. The molecule has 0 aliphatic carbocycles. The van der Waals surface area contributed by atoms with Crippen LogP contribution in [0.25, 0.3) is 0 Å². The minimum Gasteiger partial charge on any atom is -0.296 e. The van der Waals surface area contributed by atoms with Crippen molar-refractivity contribution in [2.24, 2.45) is 0 Å². The van der Waals surface area contributed by atoms with E-state index >= 15 is 0 Å². The van der Waals surface area contributed by atoms with Gasteiger partial charge in [0.05, 0.1) is 12.6 Å². The smallest absolute Gasteiger partial charge is 0.116 e. The predicted octanol–water partition coefficient (Wildman–Crippen LogP) is 5.45. The normalized spacial score (nSPS) is 14.3. The molecule has 0 atom stereocenters. The number of benzene rings is 3. The molecule has 2 nitrogen and oxygen atoms in total. The van der Waals surface area contributed by atoms with Crippen molar-refractivity contribution in [1.29, 1.82) is 0 Å². The Hall–Kier alpha value is -2.75. The van der Waals surface area contributed by atoms with Gasteiger partial charge in [-0.2, -0.15) is 0 Å². The number of nitrogens with zero attached hydrogens (tertiary/aromatic N) is 2. The Bertz CT molecular complexity index is 891. The van der Waals surface area contributed by atoms with Gasteiger partial charge in [-0.3, -0.25) is 9.80 Å². The molecule has 148 valence electrons. The standard InChI is InChI=1S/C26H27FN2/c1-28(17-21-11-5-2-6-12-21)20-25(27)24-18-29(19-24)26(22-13-7-3-8-14-22)23-15-9-4-10-16-23/h2-16,26H,17-20H2,1H3. The van der Waals surface area contributed by atoms with Crippen LogP contribution in [0.4, 0.5) is 4.39 Å². The summed E-state index contributed by atoms with van der Waals surface area (Å²) < 4.78 is 14.9. The fourth-order valence-corrected chi connectivity index (χ4v) is 3.98. The van der Waals surface area contributed by atoms with E-state index in [2.05, 4.69) is 65.6 Å². The highest BCUT2D eigenvalue weighted by atomic mass is 19.1. The number of likely N-dealkylation sites (N-methyl/N-ethyl adjacent to an activating group) is 1. The minimum atomic E-state index is 0.0135. The predicted molar refractivity (Wildman–Crippen MR) is 117 cm³/mol. The van der Waals surface area contributed by atoms with Crippen molar-refractivity contribution < 1.29 is 4.39 Å². The summed E-state index contributed by atoms with van der Waals surface area (Å²) in [6.07, 6.45) is 0. The molecule has 0 saturated carbocycles. The summed E-state index contributed by atoms with van der Waals surface area (Å²) >= 11 is 0. The van der Waals surface area contributed by atoms with Crippen molar-refractivity contribution in [3.05, 3.63) is 119 Å². The average Bonchev–Trinajstić information content (AvgIpc) is 2.72. The molecule has 1 saturated heterocycles. The zero-order valence-corrected chi connectivity index (χ0v) is 16.8. The van der Waals surface area contributed by atoms with Crippen LogP contribution < -0.4 is 0 Å². The second-order valence-corrected chi connectivity index (χ2v) is 7.80. The Balaban J connectivity index is 1.43. The van der Waals surface area contributed by atoms with E-state index in [1.54, 1.807) is 0 Å². The SMILES string of the molecule is CN(CC(F)=C1CN(C(c2ccccc2)c2ccccc2)C1)Cc1ccccc1. The fraction of sp³-hybridized carbons (Fsp3) is 0.231. The van der Waals surface area contributed by atoms with Crippen LogP contribution in [0.15, 0.2) is 102 Å². The van der Waals surface area contributed by atoms with Gasteiger partial charge in [-0.15, -0.1) is 0 Å². The molecule has 4 rings (SSSR count). The van der Waals surface area contributed by atoms with Gasteiger partial charge in [-0.05, 0) is 29.3 Å². The molecule has 1 heterocycles. The Morgan fingerprint density at radius 2 is 1.31 bits per heavy atom. The summed E-state index contributed by atoms with van der Waals surface area (Å²) in [5.74, 6) is 0.0135. The number of hydrogen-bond acceptors (Lipinski definition) is 2. The maximum Gasteiger partial charge on any atom is 0.116 e. The van der Waals surface area contributed by atoms with Crippen molar-refractivity contribution in [3.8, 4) is 0 Å². The molecule has 1 fully saturated rings. The number of hydrogen-bond donors (Lipinski definition) is 0. The summed E-state index contributed by atoms with van der Waals surface area (Å²) in [5.41, 5.74) is 4.62. The molecule has 3 heteroatoms. The maximum atomic E-state index is 14.9. The lowest BCUT2D eigenvalue weighted by atomic mass is 9.92. The van der Waals surface area contributed by atoms with E-state index in [1.807, 2.05) is 42.3 Å². The first-order valence-electron chi connectivity index (χ1n) is 10.1. The maximum absolute atomic E-state index is 14.9. The summed E-state index contributed by atoms with van der Waals surface area (Å²) in [6, 6.07) is 31.4. The van der Waals surface area contributed by atoms with E-state index in [4.69, 9.17) is 0 Å². The average molecular weight is 387 g/mol. The van der Waals surface area contributed by atoms with Crippen LogP contribution in [0, 0.1) is 0 Å². The van der Waals surface area contributed by atoms with Crippen LogP contribution in [0.3, 0.4) is 0 Å². The number of likely N-dealkylation sites (tertiary alicyclic amines) is 1. The largest absolute Gasteiger partial charge is 0.296 e. The first-order chi connectivity index (χ1) is 14.2. The van der Waals surface area contributed by atoms with Crippen LogP contribution in [-0.2, 0) is 6.54 Å². The molecule has 3 aromatic carbocycles. The third kappa shape index (κ3) is 4.81. The van der Waals surface area contributed by atoms with Crippen LogP contribution in [-0.4, -0.2) is 36.5 Å². The monoisotopic (exact) mass is 386 g/mol. The molecule has 0 N–H and O–H groups in total. The van der Waals surface area contributed by atoms with Crippen molar-refractivity contribution in [1.82, 2.24) is 9.80 Å². The highest BCUT2D eigenvalue weighted by Crippen LogP contribution is 2.35. The number of rotatable bonds is 7. The van der Waals surface area contributed by atoms with Gasteiger partial charge in [0.2, 0.25) is 0 Å². The van der Waals surface area contributed by atoms with Gasteiger partial charge < -0.3 is 0 Å². The summed E-state index contributed by atoms with van der Waals surface area (Å²) in [5, 5.41) is 0. The molecule has 0 unspecified atom stereocenters. The topological polar surface area (TPSA) is 6.48 Å². The van der Waals surface area contributed by atoms with Gasteiger partial charge in [0.15, 0.2) is 0 Å². The van der Waals surface area contributed by atoms with Crippen LogP contribution in [0.1, 0.15) is 22.7 Å². The van der Waals surface area contributed by atoms with Gasteiger partial charge in [0, 0.05) is 19.6 Å². The molecule has 1 aliphatic heterocycles. The van der Waals surface area contributed by atoms with Crippen molar-refractivity contribution >= 4 is 0 Å². The van der Waals surface area contributed by atoms with Gasteiger partial charge in [-0.1, -0.05) is 91.0 Å². The number of halogens is 1. The Labute approximate surface area is 172 Å². The second-order valence-electron chi connectivity index (χ2n) is 7.80. The van der Waals surface area contributed by atoms with E-state index in [-0.39, 0.29) is 11.9 Å². The molecule has 0 spiro atoms. The highest BCUT2D eigenvalue weighted by Gasteiger charge is 2.32. The Morgan fingerprint density at radius 3 is 1.83 bits per heavy atom. The van der Waals surface area contributed by atoms with Gasteiger partial charge in [-0.25, -0.2) is 4.39 Å². The van der Waals surface area contributed by atoms with E-state index in [0.717, 1.165) is 12.1 Å². The molecule has 0 aromatic heterocycles. The van der Waals surface area contributed by atoms with Crippen LogP contribution in [0.2, 0.25) is 0 Å². The van der Waals surface area contributed by atoms with Crippen molar-refractivity contribution in [2.45, 2.75) is 12.6 Å². The lowest BCUT2D eigenvalue weighted by molar-refractivity contribution is 0.191. The van der Waals surface area contributed by atoms with E-state index in [9.17, 15) is 4.39 Å². The van der Waals surface area contributed by atoms with Gasteiger partial charge in [0.25, 0.3) is 0 Å². The third-order valence-corrected chi connectivity index (χ3v) is 5.47. The summed E-state index contributed by atoms with van der Waals surface area (Å²) in [6.45, 7) is 2.47. The first kappa shape index (κ1) is 19.6. The molecule has 3 aromatic rings. The molecule has 29 heavy (non-hydrogen) atoms. The van der Waals surface area contributed by atoms with E-state index < -0.39 is 0 Å². The molecule has 0 bridgehead atoms. The molecular weight excluding hydrogens is 359 g/mol. The van der Waals surface area contributed by atoms with Gasteiger partial charge in [0.1, 0.15) is 5.83 Å². The van der Waals surface area contributed by atoms with E-state index in [0.29, 0.717) is 19.6 Å². The first-order valence-corrected chi connectivity index (χ1v) is 10.1. The Morgan fingerprint density at radius 1 is 0.828 bits per heavy atom. The highest BCUT2D eigenvalue weighted by molar-refractivity contribution is 5.35. The minimum absolute atomic E-state index is 0.0135. The van der Waals surface area contributed by atoms with Crippen LogP contribution >= 0.6 is 0 Å². The van der Waals surface area contributed by atoms with Crippen molar-refractivity contribution in [2.75, 3.05) is 26.7 Å². The molecule has 1 aliphatic rings. The quantitative estimate of drug-likeness (QED) is 0.533. The summed E-state index contributed by atoms with van der Waals surface area (Å²) in [4.78, 5) is 4.38. The third-order valence-electron chi connectivity index (χ3n) is 5.47. The van der Waals surface area contributed by atoms with Crippen LogP contribution in [0.5, 0.6) is 0 Å². The Kier molecular flexibility index (Phi) is 6.18. The fourth-order valence-electron chi connectivity index (χ4n) is 3.98. The summed E-state index contributed by atoms with van der Waals surface area (Å²) in [7, 11) is 1.97. The zero-order valence-electron chi connectivity index (χ0n) is 16.8. The van der Waals surface area contributed by atoms with Crippen molar-refractivity contribution in [3.63, 3.8) is 0 Å². The van der Waals surface area contributed by atoms with Gasteiger partial charge >= 0.3 is 0 Å².